The molecule has 2 aliphatic heterocycles. The minimum absolute atomic E-state index is 0.163. The second kappa shape index (κ2) is 4.67. The zero-order chi connectivity index (χ0) is 12.6. The van der Waals surface area contributed by atoms with E-state index < -0.39 is 6.10 Å². The Labute approximate surface area is 111 Å². The lowest BCUT2D eigenvalue weighted by atomic mass is 9.84. The Bertz CT molecular complexity index is 441. The molecule has 2 heterocycles. The van der Waals surface area contributed by atoms with Crippen molar-refractivity contribution in [2.75, 3.05) is 18.6 Å². The number of aliphatic hydroxyl groups is 1. The highest BCUT2D eigenvalue weighted by Crippen LogP contribution is 2.46. The van der Waals surface area contributed by atoms with Gasteiger partial charge in [-0.1, -0.05) is 0 Å². The van der Waals surface area contributed by atoms with E-state index in [0.717, 1.165) is 41.4 Å². The van der Waals surface area contributed by atoms with Gasteiger partial charge in [-0.2, -0.15) is 11.8 Å². The maximum absolute atomic E-state index is 10.3. The summed E-state index contributed by atoms with van der Waals surface area (Å²) in [5.74, 6) is 3.81. The van der Waals surface area contributed by atoms with E-state index in [1.807, 2.05) is 30.0 Å². The first-order valence-electron chi connectivity index (χ1n) is 6.35. The number of fused-ring (bicyclic) bond motifs is 1. The highest BCUT2D eigenvalue weighted by molar-refractivity contribution is 7.99. The summed E-state index contributed by atoms with van der Waals surface area (Å²) in [5.41, 5.74) is 0.726. The van der Waals surface area contributed by atoms with E-state index in [9.17, 15) is 5.11 Å². The van der Waals surface area contributed by atoms with E-state index in [1.54, 1.807) is 7.11 Å². The molecule has 1 aromatic rings. The van der Waals surface area contributed by atoms with Crippen molar-refractivity contribution >= 4 is 11.8 Å². The number of thioether (sulfide) groups is 1. The fourth-order valence-corrected chi connectivity index (χ4v) is 4.03. The van der Waals surface area contributed by atoms with Crippen molar-refractivity contribution in [3.05, 3.63) is 23.8 Å². The first kappa shape index (κ1) is 12.2. The third kappa shape index (κ3) is 2.08. The molecule has 1 saturated heterocycles. The molecule has 4 heteroatoms. The summed E-state index contributed by atoms with van der Waals surface area (Å²) >= 11 is 1.97. The Morgan fingerprint density at radius 1 is 1.39 bits per heavy atom. The third-order valence-corrected chi connectivity index (χ3v) is 4.86. The lowest BCUT2D eigenvalue weighted by molar-refractivity contribution is -0.0199. The summed E-state index contributed by atoms with van der Waals surface area (Å²) in [5, 5.41) is 10.3. The average Bonchev–Trinajstić information content (AvgIpc) is 2.38. The van der Waals surface area contributed by atoms with E-state index in [4.69, 9.17) is 9.47 Å². The van der Waals surface area contributed by atoms with Crippen molar-refractivity contribution in [1.29, 1.82) is 0 Å². The van der Waals surface area contributed by atoms with Gasteiger partial charge in [0.15, 0.2) is 0 Å². The predicted octanol–water partition coefficient (Wildman–Crippen LogP) is 2.78. The van der Waals surface area contributed by atoms with Gasteiger partial charge in [-0.15, -0.1) is 0 Å². The molecule has 1 spiro atoms. The second-order valence-corrected chi connectivity index (χ2v) is 6.25. The molecule has 0 amide bonds. The van der Waals surface area contributed by atoms with Crippen LogP contribution in [0.3, 0.4) is 0 Å². The quantitative estimate of drug-likeness (QED) is 0.848. The van der Waals surface area contributed by atoms with Gasteiger partial charge in [-0.3, -0.25) is 0 Å². The number of benzene rings is 1. The minimum Gasteiger partial charge on any atom is -0.497 e. The standard InChI is InChI=1S/C14H18O3S/c1-16-10-2-3-11-12(15)9-14(17-13(11)8-10)4-6-18-7-5-14/h2-3,8,12,15H,4-7,9H2,1H3/t12-/m0/s1. The Kier molecular flexibility index (Phi) is 3.16. The molecule has 2 aliphatic rings. The van der Waals surface area contributed by atoms with Crippen molar-refractivity contribution < 1.29 is 14.6 Å². The van der Waals surface area contributed by atoms with Gasteiger partial charge in [0.25, 0.3) is 0 Å². The lowest BCUT2D eigenvalue weighted by Crippen LogP contribution is -2.44. The molecule has 0 unspecified atom stereocenters. The van der Waals surface area contributed by atoms with Gasteiger partial charge in [0.2, 0.25) is 0 Å². The first-order chi connectivity index (χ1) is 8.72. The molecular formula is C14H18O3S. The van der Waals surface area contributed by atoms with Crippen LogP contribution in [0.1, 0.15) is 30.9 Å². The summed E-state index contributed by atoms with van der Waals surface area (Å²) in [7, 11) is 1.65. The first-order valence-corrected chi connectivity index (χ1v) is 7.51. The number of methoxy groups -OCH3 is 1. The summed E-state index contributed by atoms with van der Waals surface area (Å²) in [6.07, 6.45) is 2.34. The highest BCUT2D eigenvalue weighted by Gasteiger charge is 2.41. The molecule has 0 aromatic heterocycles. The van der Waals surface area contributed by atoms with Gasteiger partial charge in [0.1, 0.15) is 17.1 Å². The molecule has 98 valence electrons. The summed E-state index contributed by atoms with van der Waals surface area (Å²) in [6.45, 7) is 0. The van der Waals surface area contributed by atoms with Crippen molar-refractivity contribution in [3.8, 4) is 11.5 Å². The molecule has 3 nitrogen and oxygen atoms in total. The Balaban J connectivity index is 1.94. The van der Waals surface area contributed by atoms with E-state index in [-0.39, 0.29) is 5.60 Å². The average molecular weight is 266 g/mol. The van der Waals surface area contributed by atoms with Crippen molar-refractivity contribution in [2.24, 2.45) is 0 Å². The van der Waals surface area contributed by atoms with E-state index >= 15 is 0 Å². The summed E-state index contributed by atoms with van der Waals surface area (Å²) in [6, 6.07) is 5.67. The molecule has 3 rings (SSSR count). The van der Waals surface area contributed by atoms with Crippen LogP contribution in [0, 0.1) is 0 Å². The van der Waals surface area contributed by atoms with Crippen molar-refractivity contribution in [2.45, 2.75) is 31.0 Å². The van der Waals surface area contributed by atoms with E-state index in [2.05, 4.69) is 0 Å². The summed E-state index contributed by atoms with van der Waals surface area (Å²) < 4.78 is 11.4. The normalized spacial score (nSPS) is 25.3. The van der Waals surface area contributed by atoms with Crippen LogP contribution in [0.2, 0.25) is 0 Å². The zero-order valence-corrected chi connectivity index (χ0v) is 11.3. The Morgan fingerprint density at radius 2 is 2.17 bits per heavy atom. The minimum atomic E-state index is -0.414. The predicted molar refractivity (Wildman–Crippen MR) is 72.5 cm³/mol. The van der Waals surface area contributed by atoms with Gasteiger partial charge in [0.05, 0.1) is 13.2 Å². The van der Waals surface area contributed by atoms with Gasteiger partial charge >= 0.3 is 0 Å². The molecule has 0 radical (unpaired) electrons. The van der Waals surface area contributed by atoms with Gasteiger partial charge in [-0.25, -0.2) is 0 Å². The maximum atomic E-state index is 10.3. The molecule has 1 atom stereocenters. The van der Waals surface area contributed by atoms with Crippen LogP contribution < -0.4 is 9.47 Å². The Morgan fingerprint density at radius 3 is 2.89 bits per heavy atom. The van der Waals surface area contributed by atoms with E-state index in [1.165, 1.54) is 0 Å². The number of aliphatic hydroxyl groups excluding tert-OH is 1. The van der Waals surface area contributed by atoms with Gasteiger partial charge in [-0.05, 0) is 36.5 Å². The monoisotopic (exact) mass is 266 g/mol. The van der Waals surface area contributed by atoms with Gasteiger partial charge < -0.3 is 14.6 Å². The zero-order valence-electron chi connectivity index (χ0n) is 10.5. The largest absolute Gasteiger partial charge is 0.497 e. The summed E-state index contributed by atoms with van der Waals surface area (Å²) in [4.78, 5) is 0. The smallest absolute Gasteiger partial charge is 0.129 e. The lowest BCUT2D eigenvalue weighted by Gasteiger charge is -2.43. The molecule has 18 heavy (non-hydrogen) atoms. The van der Waals surface area contributed by atoms with Crippen LogP contribution in [0.15, 0.2) is 18.2 Å². The Hall–Kier alpha value is -0.870. The van der Waals surface area contributed by atoms with Crippen LogP contribution in [-0.2, 0) is 0 Å². The molecule has 1 N–H and O–H groups in total. The molecule has 0 aliphatic carbocycles. The van der Waals surface area contributed by atoms with E-state index in [0.29, 0.717) is 6.42 Å². The van der Waals surface area contributed by atoms with Crippen LogP contribution in [-0.4, -0.2) is 29.3 Å². The second-order valence-electron chi connectivity index (χ2n) is 5.02. The molecule has 1 aromatic carbocycles. The molecule has 1 fully saturated rings. The number of ether oxygens (including phenoxy) is 2. The van der Waals surface area contributed by atoms with Crippen LogP contribution >= 0.6 is 11.8 Å². The highest BCUT2D eigenvalue weighted by atomic mass is 32.2. The number of hydrogen-bond donors (Lipinski definition) is 1. The van der Waals surface area contributed by atoms with Crippen LogP contribution in [0.4, 0.5) is 0 Å². The van der Waals surface area contributed by atoms with Crippen LogP contribution in [0.25, 0.3) is 0 Å². The fraction of sp³-hybridized carbons (Fsp3) is 0.571. The van der Waals surface area contributed by atoms with Crippen LogP contribution in [0.5, 0.6) is 11.5 Å². The fourth-order valence-electron chi connectivity index (χ4n) is 2.79. The molecule has 0 bridgehead atoms. The molecular weight excluding hydrogens is 248 g/mol. The number of rotatable bonds is 1. The van der Waals surface area contributed by atoms with Crippen molar-refractivity contribution in [3.63, 3.8) is 0 Å². The number of hydrogen-bond acceptors (Lipinski definition) is 4. The SMILES string of the molecule is COc1ccc2c(c1)OC1(CCSCC1)C[C@@H]2O. The topological polar surface area (TPSA) is 38.7 Å². The van der Waals surface area contributed by atoms with Gasteiger partial charge in [0, 0.05) is 18.1 Å². The third-order valence-electron chi connectivity index (χ3n) is 3.88. The van der Waals surface area contributed by atoms with Crippen molar-refractivity contribution in [1.82, 2.24) is 0 Å². The molecule has 0 saturated carbocycles. The maximum Gasteiger partial charge on any atom is 0.129 e.